The number of rotatable bonds is 6. The summed E-state index contributed by atoms with van der Waals surface area (Å²) in [4.78, 5) is 4.48. The predicted octanol–water partition coefficient (Wildman–Crippen LogP) is 2.57. The maximum atomic E-state index is 5.80. The third-order valence-corrected chi connectivity index (χ3v) is 3.41. The van der Waals surface area contributed by atoms with Gasteiger partial charge in [0.05, 0.1) is 12.3 Å². The molecule has 0 aromatic carbocycles. The van der Waals surface area contributed by atoms with Crippen LogP contribution in [-0.2, 0) is 12.8 Å². The van der Waals surface area contributed by atoms with E-state index in [1.165, 1.54) is 5.56 Å². The SMILES string of the molecule is Cc1ccc(OCCc2ccsc2)c(CCN)n1. The van der Waals surface area contributed by atoms with Gasteiger partial charge in [-0.15, -0.1) is 0 Å². The first-order valence-corrected chi connectivity index (χ1v) is 7.04. The highest BCUT2D eigenvalue weighted by Gasteiger charge is 2.05. The van der Waals surface area contributed by atoms with Gasteiger partial charge in [-0.1, -0.05) is 0 Å². The van der Waals surface area contributed by atoms with Gasteiger partial charge in [-0.25, -0.2) is 0 Å². The molecule has 0 aliphatic carbocycles. The molecule has 4 heteroatoms. The number of aryl methyl sites for hydroxylation is 1. The van der Waals surface area contributed by atoms with Crippen LogP contribution < -0.4 is 10.5 Å². The van der Waals surface area contributed by atoms with E-state index in [2.05, 4.69) is 21.8 Å². The summed E-state index contributed by atoms with van der Waals surface area (Å²) in [6.45, 7) is 3.26. The summed E-state index contributed by atoms with van der Waals surface area (Å²) in [7, 11) is 0. The largest absolute Gasteiger partial charge is 0.491 e. The quantitative estimate of drug-likeness (QED) is 0.870. The van der Waals surface area contributed by atoms with Crippen molar-refractivity contribution in [1.29, 1.82) is 0 Å². The molecule has 0 bridgehead atoms. The lowest BCUT2D eigenvalue weighted by Crippen LogP contribution is -2.09. The highest BCUT2D eigenvalue weighted by molar-refractivity contribution is 7.07. The Bertz CT molecular complexity index is 483. The Morgan fingerprint density at radius 1 is 1.28 bits per heavy atom. The van der Waals surface area contributed by atoms with Crippen LogP contribution in [0.5, 0.6) is 5.75 Å². The molecule has 0 aliphatic heterocycles. The molecule has 0 unspecified atom stereocenters. The fourth-order valence-corrected chi connectivity index (χ4v) is 2.46. The molecule has 3 nitrogen and oxygen atoms in total. The van der Waals surface area contributed by atoms with Crippen molar-refractivity contribution >= 4 is 11.3 Å². The lowest BCUT2D eigenvalue weighted by Gasteiger charge is -2.10. The van der Waals surface area contributed by atoms with E-state index >= 15 is 0 Å². The van der Waals surface area contributed by atoms with Gasteiger partial charge in [0.25, 0.3) is 0 Å². The molecule has 18 heavy (non-hydrogen) atoms. The number of hydrogen-bond donors (Lipinski definition) is 1. The van der Waals surface area contributed by atoms with Crippen LogP contribution >= 0.6 is 11.3 Å². The van der Waals surface area contributed by atoms with Crippen molar-refractivity contribution in [1.82, 2.24) is 4.98 Å². The van der Waals surface area contributed by atoms with Crippen molar-refractivity contribution < 1.29 is 4.74 Å². The second kappa shape index (κ2) is 6.52. The Balaban J connectivity index is 1.95. The van der Waals surface area contributed by atoms with Crippen LogP contribution in [-0.4, -0.2) is 18.1 Å². The van der Waals surface area contributed by atoms with E-state index in [4.69, 9.17) is 10.5 Å². The van der Waals surface area contributed by atoms with Crippen LogP contribution in [0.25, 0.3) is 0 Å². The Morgan fingerprint density at radius 3 is 2.89 bits per heavy atom. The average Bonchev–Trinajstić information content (AvgIpc) is 2.85. The van der Waals surface area contributed by atoms with E-state index in [1.54, 1.807) is 11.3 Å². The molecule has 2 N–H and O–H groups in total. The molecule has 0 radical (unpaired) electrons. The van der Waals surface area contributed by atoms with Crippen molar-refractivity contribution in [2.45, 2.75) is 19.8 Å². The van der Waals surface area contributed by atoms with Crippen LogP contribution in [0.3, 0.4) is 0 Å². The number of pyridine rings is 1. The molecule has 2 rings (SSSR count). The van der Waals surface area contributed by atoms with Crippen molar-refractivity contribution in [2.75, 3.05) is 13.2 Å². The first-order chi connectivity index (χ1) is 8.79. The summed E-state index contributed by atoms with van der Waals surface area (Å²) in [6, 6.07) is 6.09. The molecular weight excluding hydrogens is 244 g/mol. The molecule has 0 spiro atoms. The number of nitrogens with zero attached hydrogens (tertiary/aromatic N) is 1. The predicted molar refractivity (Wildman–Crippen MR) is 75.3 cm³/mol. The Morgan fingerprint density at radius 2 is 2.17 bits per heavy atom. The van der Waals surface area contributed by atoms with E-state index in [0.717, 1.165) is 30.0 Å². The Kier molecular flexibility index (Phi) is 4.73. The Labute approximate surface area is 112 Å². The van der Waals surface area contributed by atoms with Gasteiger partial charge in [0.15, 0.2) is 0 Å². The maximum Gasteiger partial charge on any atom is 0.140 e. The fraction of sp³-hybridized carbons (Fsp3) is 0.357. The summed E-state index contributed by atoms with van der Waals surface area (Å²) in [5, 5.41) is 4.24. The third-order valence-electron chi connectivity index (χ3n) is 2.68. The number of hydrogen-bond acceptors (Lipinski definition) is 4. The van der Waals surface area contributed by atoms with Gasteiger partial charge in [-0.3, -0.25) is 4.98 Å². The molecule has 2 aromatic rings. The molecule has 0 saturated heterocycles. The number of nitrogens with two attached hydrogens (primary N) is 1. The monoisotopic (exact) mass is 262 g/mol. The van der Waals surface area contributed by atoms with Crippen LogP contribution in [0, 0.1) is 6.92 Å². The van der Waals surface area contributed by atoms with Crippen LogP contribution in [0.4, 0.5) is 0 Å². The molecule has 0 amide bonds. The molecule has 0 fully saturated rings. The smallest absolute Gasteiger partial charge is 0.140 e. The number of thiophene rings is 1. The van der Waals surface area contributed by atoms with E-state index in [0.29, 0.717) is 13.2 Å². The first-order valence-electron chi connectivity index (χ1n) is 6.10. The van der Waals surface area contributed by atoms with Gasteiger partial charge >= 0.3 is 0 Å². The summed E-state index contributed by atoms with van der Waals surface area (Å²) in [5.74, 6) is 0.862. The minimum atomic E-state index is 0.595. The highest BCUT2D eigenvalue weighted by Crippen LogP contribution is 2.18. The summed E-state index contributed by atoms with van der Waals surface area (Å²) in [5.41, 5.74) is 8.88. The molecule has 0 aliphatic rings. The van der Waals surface area contributed by atoms with Gasteiger partial charge in [0.2, 0.25) is 0 Å². The lowest BCUT2D eigenvalue weighted by atomic mass is 10.2. The summed E-state index contributed by atoms with van der Waals surface area (Å²) in [6.07, 6.45) is 1.69. The number of ether oxygens (including phenoxy) is 1. The van der Waals surface area contributed by atoms with Crippen LogP contribution in [0.15, 0.2) is 29.0 Å². The zero-order chi connectivity index (χ0) is 12.8. The van der Waals surface area contributed by atoms with Gasteiger partial charge in [0.1, 0.15) is 5.75 Å². The molecule has 0 saturated carbocycles. The van der Waals surface area contributed by atoms with Gasteiger partial charge in [-0.2, -0.15) is 11.3 Å². The number of aromatic nitrogens is 1. The van der Waals surface area contributed by atoms with Crippen molar-refractivity contribution in [2.24, 2.45) is 5.73 Å². The minimum Gasteiger partial charge on any atom is -0.491 e. The van der Waals surface area contributed by atoms with E-state index < -0.39 is 0 Å². The van der Waals surface area contributed by atoms with Gasteiger partial charge in [0, 0.05) is 18.5 Å². The van der Waals surface area contributed by atoms with Crippen molar-refractivity contribution in [3.63, 3.8) is 0 Å². The minimum absolute atomic E-state index is 0.595. The summed E-state index contributed by atoms with van der Waals surface area (Å²) < 4.78 is 5.80. The standard InChI is InChI=1S/C14H18N2OS/c1-11-2-3-14(13(16-11)4-7-15)17-8-5-12-6-9-18-10-12/h2-3,6,9-10H,4-5,7-8,15H2,1H3. The zero-order valence-corrected chi connectivity index (χ0v) is 11.4. The molecule has 2 heterocycles. The molecule has 0 atom stereocenters. The van der Waals surface area contributed by atoms with Crippen LogP contribution in [0.2, 0.25) is 0 Å². The maximum absolute atomic E-state index is 5.80. The third kappa shape index (κ3) is 3.55. The zero-order valence-electron chi connectivity index (χ0n) is 10.6. The highest BCUT2D eigenvalue weighted by atomic mass is 32.1. The average molecular weight is 262 g/mol. The molecule has 2 aromatic heterocycles. The normalized spacial score (nSPS) is 10.6. The first kappa shape index (κ1) is 13.1. The van der Waals surface area contributed by atoms with Crippen molar-refractivity contribution in [3.05, 3.63) is 45.9 Å². The second-order valence-electron chi connectivity index (χ2n) is 4.17. The van der Waals surface area contributed by atoms with Crippen LogP contribution in [0.1, 0.15) is 17.0 Å². The van der Waals surface area contributed by atoms with E-state index in [9.17, 15) is 0 Å². The van der Waals surface area contributed by atoms with Gasteiger partial charge in [-0.05, 0) is 48.0 Å². The topological polar surface area (TPSA) is 48.1 Å². The van der Waals surface area contributed by atoms with E-state index in [1.807, 2.05) is 19.1 Å². The summed E-state index contributed by atoms with van der Waals surface area (Å²) >= 11 is 1.71. The Hall–Kier alpha value is -1.39. The fourth-order valence-electron chi connectivity index (χ4n) is 1.76. The lowest BCUT2D eigenvalue weighted by molar-refractivity contribution is 0.317. The molecular formula is C14H18N2OS. The van der Waals surface area contributed by atoms with Gasteiger partial charge < -0.3 is 10.5 Å². The second-order valence-corrected chi connectivity index (χ2v) is 4.95. The molecule has 96 valence electrons. The van der Waals surface area contributed by atoms with E-state index in [-0.39, 0.29) is 0 Å². The van der Waals surface area contributed by atoms with Crippen molar-refractivity contribution in [3.8, 4) is 5.75 Å².